The first-order valence-electron chi connectivity index (χ1n) is 8.48. The summed E-state index contributed by atoms with van der Waals surface area (Å²) < 4.78 is 19.6. The monoisotopic (exact) mass is 358 g/mol. The molecule has 2 atom stereocenters. The summed E-state index contributed by atoms with van der Waals surface area (Å²) >= 11 is 0. The van der Waals surface area contributed by atoms with Gasteiger partial charge < -0.3 is 20.5 Å². The normalized spacial score (nSPS) is 20.2. The summed E-state index contributed by atoms with van der Waals surface area (Å²) in [5.74, 6) is -0.834. The van der Waals surface area contributed by atoms with Crippen LogP contribution in [0.5, 0.6) is 0 Å². The highest BCUT2D eigenvalue weighted by molar-refractivity contribution is 5.93. The first-order valence-corrected chi connectivity index (χ1v) is 8.48. The molecule has 2 unspecified atom stereocenters. The second-order valence-corrected chi connectivity index (χ2v) is 6.98. The fourth-order valence-corrected chi connectivity index (χ4v) is 3.60. The quantitative estimate of drug-likeness (QED) is 0.828. The lowest BCUT2D eigenvalue weighted by Crippen LogP contribution is -2.36. The van der Waals surface area contributed by atoms with E-state index >= 15 is 0 Å². The molecule has 1 aliphatic heterocycles. The SMILES string of the molecule is CN(C)CC(O)CC1(c2ccc(F)cc2)OCc2cc(C(N)=O)ccc21. The van der Waals surface area contributed by atoms with Crippen molar-refractivity contribution >= 4 is 5.91 Å². The number of fused-ring (bicyclic) bond motifs is 1. The zero-order chi connectivity index (χ0) is 18.9. The number of carbonyl (C=O) groups excluding carboxylic acids is 1. The first-order chi connectivity index (χ1) is 12.3. The number of likely N-dealkylation sites (N-methyl/N-ethyl adjacent to an activating group) is 1. The van der Waals surface area contributed by atoms with E-state index in [0.29, 0.717) is 25.1 Å². The number of halogens is 1. The number of carbonyl (C=O) groups is 1. The highest BCUT2D eigenvalue weighted by Crippen LogP contribution is 2.45. The maximum atomic E-state index is 13.4. The molecule has 0 aromatic heterocycles. The summed E-state index contributed by atoms with van der Waals surface area (Å²) in [7, 11) is 3.77. The van der Waals surface area contributed by atoms with E-state index in [-0.39, 0.29) is 5.82 Å². The van der Waals surface area contributed by atoms with Gasteiger partial charge in [0.15, 0.2) is 0 Å². The Morgan fingerprint density at radius 1 is 1.31 bits per heavy atom. The molecule has 5 nitrogen and oxygen atoms in total. The maximum absolute atomic E-state index is 13.4. The topological polar surface area (TPSA) is 75.8 Å². The Morgan fingerprint density at radius 3 is 2.62 bits per heavy atom. The van der Waals surface area contributed by atoms with E-state index in [9.17, 15) is 14.3 Å². The number of primary amides is 1. The Bertz CT molecular complexity index is 807. The third-order valence-electron chi connectivity index (χ3n) is 4.71. The van der Waals surface area contributed by atoms with Crippen LogP contribution in [0.2, 0.25) is 0 Å². The summed E-state index contributed by atoms with van der Waals surface area (Å²) in [6.45, 7) is 0.767. The minimum absolute atomic E-state index is 0.294. The van der Waals surface area contributed by atoms with Gasteiger partial charge in [-0.3, -0.25) is 4.79 Å². The molecule has 1 amide bonds. The largest absolute Gasteiger partial charge is 0.392 e. The molecule has 3 rings (SSSR count). The van der Waals surface area contributed by atoms with Crippen molar-refractivity contribution in [2.24, 2.45) is 5.73 Å². The van der Waals surface area contributed by atoms with Crippen LogP contribution in [0.25, 0.3) is 0 Å². The summed E-state index contributed by atoms with van der Waals surface area (Å²) in [4.78, 5) is 13.4. The molecule has 6 heteroatoms. The van der Waals surface area contributed by atoms with Crippen LogP contribution in [0.1, 0.15) is 33.5 Å². The van der Waals surface area contributed by atoms with Gasteiger partial charge in [-0.2, -0.15) is 0 Å². The third kappa shape index (κ3) is 3.49. The number of amides is 1. The Balaban J connectivity index is 2.06. The Kier molecular flexibility index (Phi) is 5.09. The van der Waals surface area contributed by atoms with Gasteiger partial charge in [0.1, 0.15) is 11.4 Å². The second kappa shape index (κ2) is 7.15. The highest BCUT2D eigenvalue weighted by atomic mass is 19.1. The van der Waals surface area contributed by atoms with Crippen molar-refractivity contribution in [2.75, 3.05) is 20.6 Å². The zero-order valence-electron chi connectivity index (χ0n) is 14.9. The van der Waals surface area contributed by atoms with Gasteiger partial charge in [-0.1, -0.05) is 18.2 Å². The molecule has 1 heterocycles. The maximum Gasteiger partial charge on any atom is 0.248 e. The van der Waals surface area contributed by atoms with Crippen LogP contribution in [0.4, 0.5) is 4.39 Å². The Morgan fingerprint density at radius 2 is 2.00 bits per heavy atom. The Hall–Kier alpha value is -2.28. The number of ether oxygens (including phenoxy) is 1. The molecule has 3 N–H and O–H groups in total. The van der Waals surface area contributed by atoms with Gasteiger partial charge in [-0.15, -0.1) is 0 Å². The van der Waals surface area contributed by atoms with E-state index in [1.807, 2.05) is 25.1 Å². The smallest absolute Gasteiger partial charge is 0.248 e. The van der Waals surface area contributed by atoms with Crippen molar-refractivity contribution in [3.05, 3.63) is 70.5 Å². The third-order valence-corrected chi connectivity index (χ3v) is 4.71. The van der Waals surface area contributed by atoms with Gasteiger partial charge in [0.2, 0.25) is 5.91 Å². The van der Waals surface area contributed by atoms with E-state index in [2.05, 4.69) is 0 Å². The summed E-state index contributed by atoms with van der Waals surface area (Å²) in [5, 5.41) is 10.6. The summed E-state index contributed by atoms with van der Waals surface area (Å²) in [6, 6.07) is 11.3. The number of aliphatic hydroxyl groups excluding tert-OH is 1. The van der Waals surface area contributed by atoms with Crippen LogP contribution >= 0.6 is 0 Å². The van der Waals surface area contributed by atoms with Crippen LogP contribution in [-0.4, -0.2) is 42.7 Å². The van der Waals surface area contributed by atoms with Crippen LogP contribution < -0.4 is 5.73 Å². The lowest BCUT2D eigenvalue weighted by Gasteiger charge is -2.33. The van der Waals surface area contributed by atoms with Crippen molar-refractivity contribution in [2.45, 2.75) is 24.7 Å². The van der Waals surface area contributed by atoms with Gasteiger partial charge in [-0.05, 0) is 55.1 Å². The predicted octanol–water partition coefficient (Wildman–Crippen LogP) is 2.01. The number of benzene rings is 2. The lowest BCUT2D eigenvalue weighted by atomic mass is 9.81. The van der Waals surface area contributed by atoms with Crippen LogP contribution in [-0.2, 0) is 16.9 Å². The molecule has 2 aromatic carbocycles. The first kappa shape index (κ1) is 18.5. The fourth-order valence-electron chi connectivity index (χ4n) is 3.60. The number of hydrogen-bond donors (Lipinski definition) is 2. The number of rotatable bonds is 6. The summed E-state index contributed by atoms with van der Waals surface area (Å²) in [5.41, 5.74) is 7.37. The summed E-state index contributed by atoms with van der Waals surface area (Å²) in [6.07, 6.45) is -0.323. The van der Waals surface area contributed by atoms with Crippen molar-refractivity contribution < 1.29 is 19.0 Å². The van der Waals surface area contributed by atoms with E-state index < -0.39 is 17.6 Å². The predicted molar refractivity (Wildman–Crippen MR) is 96.1 cm³/mol. The van der Waals surface area contributed by atoms with Gasteiger partial charge in [-0.25, -0.2) is 4.39 Å². The van der Waals surface area contributed by atoms with Gasteiger partial charge in [0.05, 0.1) is 12.7 Å². The molecular formula is C20H23FN2O3. The molecule has 2 aromatic rings. The zero-order valence-corrected chi connectivity index (χ0v) is 14.9. The van der Waals surface area contributed by atoms with Crippen molar-refractivity contribution in [1.29, 1.82) is 0 Å². The van der Waals surface area contributed by atoms with Crippen LogP contribution in [0.15, 0.2) is 42.5 Å². The lowest BCUT2D eigenvalue weighted by molar-refractivity contribution is -0.0434. The van der Waals surface area contributed by atoms with Gasteiger partial charge >= 0.3 is 0 Å². The van der Waals surface area contributed by atoms with E-state index in [1.54, 1.807) is 24.3 Å². The minimum atomic E-state index is -0.894. The molecule has 1 aliphatic rings. The van der Waals surface area contributed by atoms with Crippen LogP contribution in [0.3, 0.4) is 0 Å². The average molecular weight is 358 g/mol. The van der Waals surface area contributed by atoms with Crippen molar-refractivity contribution in [1.82, 2.24) is 4.90 Å². The Labute approximate surface area is 152 Å². The fraction of sp³-hybridized carbons (Fsp3) is 0.350. The van der Waals surface area contributed by atoms with E-state index in [0.717, 1.165) is 16.7 Å². The van der Waals surface area contributed by atoms with Crippen molar-refractivity contribution in [3.8, 4) is 0 Å². The standard InChI is InChI=1S/C20H23FN2O3/c1-23(2)11-17(24)10-20(15-4-6-16(21)7-5-15)18-8-3-13(19(22)25)9-14(18)12-26-20/h3-9,17,24H,10-12H2,1-2H3,(H2,22,25). The van der Waals surface area contributed by atoms with Gasteiger partial charge in [0, 0.05) is 18.5 Å². The number of nitrogens with two attached hydrogens (primary N) is 1. The number of hydrogen-bond acceptors (Lipinski definition) is 4. The molecule has 0 saturated heterocycles. The van der Waals surface area contributed by atoms with Gasteiger partial charge in [0.25, 0.3) is 0 Å². The number of nitrogens with zero attached hydrogens (tertiary/aromatic N) is 1. The molecule has 0 saturated carbocycles. The molecule has 0 bridgehead atoms. The van der Waals surface area contributed by atoms with Crippen molar-refractivity contribution in [3.63, 3.8) is 0 Å². The molecule has 0 spiro atoms. The average Bonchev–Trinajstić information content (AvgIpc) is 2.93. The minimum Gasteiger partial charge on any atom is -0.392 e. The molecule has 138 valence electrons. The van der Waals surface area contributed by atoms with E-state index in [1.165, 1.54) is 12.1 Å². The second-order valence-electron chi connectivity index (χ2n) is 6.98. The molecule has 26 heavy (non-hydrogen) atoms. The molecule has 0 aliphatic carbocycles. The highest BCUT2D eigenvalue weighted by Gasteiger charge is 2.43. The van der Waals surface area contributed by atoms with E-state index in [4.69, 9.17) is 10.5 Å². The molecule has 0 radical (unpaired) electrons. The van der Waals surface area contributed by atoms with Crippen LogP contribution in [0, 0.1) is 5.82 Å². The molecular weight excluding hydrogens is 335 g/mol. The molecule has 0 fully saturated rings. The number of aliphatic hydroxyl groups is 1.